The summed E-state index contributed by atoms with van der Waals surface area (Å²) < 4.78 is 42.1. The Hall–Kier alpha value is -2.84. The topological polar surface area (TPSA) is 75.4 Å². The summed E-state index contributed by atoms with van der Waals surface area (Å²) in [6, 6.07) is 5.83. The molecule has 1 aromatic heterocycles. The molecule has 1 aliphatic heterocycles. The lowest BCUT2D eigenvalue weighted by atomic mass is 10.1. The molecule has 9 heteroatoms. The number of para-hydroxylation sites is 1. The third kappa shape index (κ3) is 3.67. The Kier molecular flexibility index (Phi) is 4.95. The van der Waals surface area contributed by atoms with E-state index in [1.807, 2.05) is 0 Å². The van der Waals surface area contributed by atoms with Crippen molar-refractivity contribution < 1.29 is 27.9 Å². The molecule has 6 nitrogen and oxygen atoms in total. The van der Waals surface area contributed by atoms with Gasteiger partial charge in [0.2, 0.25) is 0 Å². The van der Waals surface area contributed by atoms with Crippen molar-refractivity contribution in [2.45, 2.75) is 38.4 Å². The summed E-state index contributed by atoms with van der Waals surface area (Å²) in [5.74, 6) is -1.93. The number of halogens is 3. The average molecular weight is 381 g/mol. The normalized spacial score (nSPS) is 17.3. The van der Waals surface area contributed by atoms with Crippen LogP contribution in [0.15, 0.2) is 30.5 Å². The fourth-order valence-electron chi connectivity index (χ4n) is 3.43. The van der Waals surface area contributed by atoms with Crippen molar-refractivity contribution in [2.75, 3.05) is 6.54 Å². The summed E-state index contributed by atoms with van der Waals surface area (Å²) >= 11 is 0. The molecular weight excluding hydrogens is 363 g/mol. The first kappa shape index (κ1) is 18.9. The number of carboxylic acid groups (broad SMARTS) is 1. The number of likely N-dealkylation sites (tertiary alicyclic amines) is 1. The van der Waals surface area contributed by atoms with E-state index in [1.165, 1.54) is 11.0 Å². The number of alkyl halides is 3. The van der Waals surface area contributed by atoms with Crippen LogP contribution in [-0.4, -0.2) is 44.3 Å². The highest BCUT2D eigenvalue weighted by molar-refractivity contribution is 5.96. The standard InChI is InChI=1S/C18H18F3N3O3/c1-11-5-2-3-7-14(11)24-16(18(19,20)21)13(10-22-24)17(27)23-8-4-6-12(23)9-15(25)26/h2-3,5,7,10,12H,4,6,8-9H2,1H3,(H,25,26). The lowest BCUT2D eigenvalue weighted by molar-refractivity contribution is -0.143. The van der Waals surface area contributed by atoms with E-state index in [0.717, 1.165) is 10.9 Å². The van der Waals surface area contributed by atoms with Crippen molar-refractivity contribution in [3.63, 3.8) is 0 Å². The molecule has 1 aliphatic rings. The van der Waals surface area contributed by atoms with E-state index in [1.54, 1.807) is 25.1 Å². The second-order valence-electron chi connectivity index (χ2n) is 6.50. The van der Waals surface area contributed by atoms with Gasteiger partial charge in [0.05, 0.1) is 23.9 Å². The van der Waals surface area contributed by atoms with Gasteiger partial charge in [-0.25, -0.2) is 4.68 Å². The molecule has 0 spiro atoms. The Morgan fingerprint density at radius 1 is 1.30 bits per heavy atom. The van der Waals surface area contributed by atoms with Crippen molar-refractivity contribution in [3.05, 3.63) is 47.3 Å². The molecule has 144 valence electrons. The van der Waals surface area contributed by atoms with E-state index in [-0.39, 0.29) is 18.7 Å². The average Bonchev–Trinajstić information content (AvgIpc) is 3.20. The van der Waals surface area contributed by atoms with Crippen molar-refractivity contribution in [2.24, 2.45) is 0 Å². The zero-order valence-corrected chi connectivity index (χ0v) is 14.5. The van der Waals surface area contributed by atoms with Crippen LogP contribution >= 0.6 is 0 Å². The summed E-state index contributed by atoms with van der Waals surface area (Å²) in [6.45, 7) is 1.88. The van der Waals surface area contributed by atoms with Crippen LogP contribution in [0.2, 0.25) is 0 Å². The van der Waals surface area contributed by atoms with Gasteiger partial charge in [-0.15, -0.1) is 0 Å². The monoisotopic (exact) mass is 381 g/mol. The summed E-state index contributed by atoms with van der Waals surface area (Å²) in [5, 5.41) is 12.8. The van der Waals surface area contributed by atoms with Gasteiger partial charge in [-0.2, -0.15) is 18.3 Å². The lowest BCUT2D eigenvalue weighted by Gasteiger charge is -2.24. The highest BCUT2D eigenvalue weighted by Crippen LogP contribution is 2.35. The summed E-state index contributed by atoms with van der Waals surface area (Å²) in [7, 11) is 0. The van der Waals surface area contributed by atoms with Crippen LogP contribution in [0, 0.1) is 6.92 Å². The Balaban J connectivity index is 2.05. The van der Waals surface area contributed by atoms with Crippen molar-refractivity contribution in [3.8, 4) is 5.69 Å². The number of aliphatic carboxylic acids is 1. The second kappa shape index (κ2) is 7.05. The quantitative estimate of drug-likeness (QED) is 0.882. The van der Waals surface area contributed by atoms with Crippen LogP contribution in [0.25, 0.3) is 5.69 Å². The zero-order chi connectivity index (χ0) is 19.8. The molecule has 1 fully saturated rings. The number of amides is 1. The summed E-state index contributed by atoms with van der Waals surface area (Å²) in [6.07, 6.45) is -3.18. The molecule has 0 radical (unpaired) electrons. The van der Waals surface area contributed by atoms with Crippen LogP contribution in [0.1, 0.15) is 40.9 Å². The highest BCUT2D eigenvalue weighted by Gasteiger charge is 2.43. The molecule has 2 aromatic rings. The van der Waals surface area contributed by atoms with Gasteiger partial charge in [0, 0.05) is 12.6 Å². The summed E-state index contributed by atoms with van der Waals surface area (Å²) in [4.78, 5) is 25.0. The van der Waals surface area contributed by atoms with Crippen molar-refractivity contribution in [1.29, 1.82) is 0 Å². The highest BCUT2D eigenvalue weighted by atomic mass is 19.4. The van der Waals surface area contributed by atoms with Crippen LogP contribution in [-0.2, 0) is 11.0 Å². The van der Waals surface area contributed by atoms with Gasteiger partial charge in [0.25, 0.3) is 5.91 Å². The number of hydrogen-bond donors (Lipinski definition) is 1. The van der Waals surface area contributed by atoms with E-state index >= 15 is 0 Å². The van der Waals surface area contributed by atoms with Gasteiger partial charge >= 0.3 is 12.1 Å². The first-order chi connectivity index (χ1) is 12.7. The third-order valence-corrected chi connectivity index (χ3v) is 4.66. The molecule has 0 saturated carbocycles. The van der Waals surface area contributed by atoms with Gasteiger partial charge in [-0.05, 0) is 31.4 Å². The summed E-state index contributed by atoms with van der Waals surface area (Å²) in [5.41, 5.74) is -0.909. The number of rotatable bonds is 4. The molecule has 1 aromatic carbocycles. The molecule has 1 atom stereocenters. The maximum atomic E-state index is 13.8. The minimum Gasteiger partial charge on any atom is -0.481 e. The first-order valence-electron chi connectivity index (χ1n) is 8.44. The largest absolute Gasteiger partial charge is 0.481 e. The molecule has 1 saturated heterocycles. The van der Waals surface area contributed by atoms with Crippen molar-refractivity contribution >= 4 is 11.9 Å². The molecule has 2 heterocycles. The number of carbonyl (C=O) groups excluding carboxylic acids is 1. The predicted molar refractivity (Wildman–Crippen MR) is 89.6 cm³/mol. The number of benzene rings is 1. The van der Waals surface area contributed by atoms with Crippen molar-refractivity contribution in [1.82, 2.24) is 14.7 Å². The van der Waals surface area contributed by atoms with Gasteiger partial charge in [-0.3, -0.25) is 9.59 Å². The Morgan fingerprint density at radius 2 is 2.00 bits per heavy atom. The Labute approximate surface area is 153 Å². The maximum absolute atomic E-state index is 13.8. The Morgan fingerprint density at radius 3 is 2.63 bits per heavy atom. The number of carbonyl (C=O) groups is 2. The zero-order valence-electron chi connectivity index (χ0n) is 14.5. The molecular formula is C18H18F3N3O3. The van der Waals surface area contributed by atoms with Gasteiger partial charge in [0.15, 0.2) is 5.69 Å². The smallest absolute Gasteiger partial charge is 0.434 e. The van der Waals surface area contributed by atoms with E-state index in [4.69, 9.17) is 5.11 Å². The number of hydrogen-bond acceptors (Lipinski definition) is 3. The molecule has 1 N–H and O–H groups in total. The number of aromatic nitrogens is 2. The van der Waals surface area contributed by atoms with Gasteiger partial charge in [0.1, 0.15) is 0 Å². The molecule has 0 bridgehead atoms. The van der Waals surface area contributed by atoms with E-state index in [0.29, 0.717) is 18.4 Å². The minimum atomic E-state index is -4.80. The fraction of sp³-hybridized carbons (Fsp3) is 0.389. The van der Waals surface area contributed by atoms with Gasteiger partial charge < -0.3 is 10.0 Å². The molecule has 1 unspecified atom stereocenters. The van der Waals surface area contributed by atoms with E-state index in [9.17, 15) is 22.8 Å². The number of carboxylic acids is 1. The first-order valence-corrected chi connectivity index (χ1v) is 8.44. The Bertz CT molecular complexity index is 876. The van der Waals surface area contributed by atoms with E-state index < -0.39 is 35.4 Å². The van der Waals surface area contributed by atoms with Crippen LogP contribution < -0.4 is 0 Å². The van der Waals surface area contributed by atoms with Crippen LogP contribution in [0.4, 0.5) is 13.2 Å². The second-order valence-corrected chi connectivity index (χ2v) is 6.50. The molecule has 27 heavy (non-hydrogen) atoms. The van der Waals surface area contributed by atoms with E-state index in [2.05, 4.69) is 5.10 Å². The molecule has 0 aliphatic carbocycles. The number of nitrogens with zero attached hydrogens (tertiary/aromatic N) is 3. The molecule has 1 amide bonds. The van der Waals surface area contributed by atoms with Gasteiger partial charge in [-0.1, -0.05) is 18.2 Å². The van der Waals surface area contributed by atoms with Crippen LogP contribution in [0.5, 0.6) is 0 Å². The lowest BCUT2D eigenvalue weighted by Crippen LogP contribution is -2.37. The maximum Gasteiger partial charge on any atom is 0.434 e. The minimum absolute atomic E-state index is 0.226. The predicted octanol–water partition coefficient (Wildman–Crippen LogP) is 3.28. The molecule has 3 rings (SSSR count). The van der Waals surface area contributed by atoms with Crippen LogP contribution in [0.3, 0.4) is 0 Å². The SMILES string of the molecule is Cc1ccccc1-n1ncc(C(=O)N2CCCC2CC(=O)O)c1C(F)(F)F. The fourth-order valence-corrected chi connectivity index (χ4v) is 3.43. The third-order valence-electron chi connectivity index (χ3n) is 4.66. The number of aryl methyl sites for hydroxylation is 1.